The first-order chi connectivity index (χ1) is 8.39. The number of hydrogen-bond acceptors (Lipinski definition) is 3. The average Bonchev–Trinajstić information content (AvgIpc) is 2.35. The predicted molar refractivity (Wildman–Crippen MR) is 75.3 cm³/mol. The van der Waals surface area contributed by atoms with Crippen LogP contribution < -0.4 is 5.32 Å². The average molecular weight is 270 g/mol. The van der Waals surface area contributed by atoms with E-state index in [4.69, 9.17) is 0 Å². The van der Waals surface area contributed by atoms with E-state index in [1.807, 2.05) is 6.07 Å². The van der Waals surface area contributed by atoms with E-state index >= 15 is 0 Å². The number of rotatable bonds is 6. The molecule has 18 heavy (non-hydrogen) atoms. The van der Waals surface area contributed by atoms with Crippen LogP contribution in [-0.4, -0.2) is 33.4 Å². The van der Waals surface area contributed by atoms with Gasteiger partial charge >= 0.3 is 0 Å². The van der Waals surface area contributed by atoms with Gasteiger partial charge in [0.15, 0.2) is 0 Å². The molecule has 1 rings (SSSR count). The maximum Gasteiger partial charge on any atom is 0.244 e. The lowest BCUT2D eigenvalue weighted by molar-refractivity contribution is 0.428. The molecule has 0 aliphatic rings. The number of hydrogen-bond donors (Lipinski definition) is 1. The lowest BCUT2D eigenvalue weighted by Crippen LogP contribution is -2.29. The van der Waals surface area contributed by atoms with Crippen LogP contribution in [0.3, 0.4) is 0 Å². The third-order valence-electron chi connectivity index (χ3n) is 2.87. The highest BCUT2D eigenvalue weighted by atomic mass is 32.2. The van der Waals surface area contributed by atoms with E-state index in [9.17, 15) is 8.42 Å². The molecule has 0 bridgehead atoms. The van der Waals surface area contributed by atoms with Crippen LogP contribution in [0.25, 0.3) is 0 Å². The van der Waals surface area contributed by atoms with Gasteiger partial charge in [0.1, 0.15) is 4.90 Å². The Morgan fingerprint density at radius 3 is 2.44 bits per heavy atom. The Morgan fingerprint density at radius 2 is 1.89 bits per heavy atom. The molecule has 4 nitrogen and oxygen atoms in total. The van der Waals surface area contributed by atoms with Gasteiger partial charge in [0.2, 0.25) is 10.0 Å². The summed E-state index contributed by atoms with van der Waals surface area (Å²) in [5.74, 6) is 0.488. The van der Waals surface area contributed by atoms with Crippen molar-refractivity contribution in [2.24, 2.45) is 5.92 Å². The summed E-state index contributed by atoms with van der Waals surface area (Å²) < 4.78 is 26.2. The molecule has 102 valence electrons. The molecule has 0 unspecified atom stereocenters. The minimum absolute atomic E-state index is 0.332. The second kappa shape index (κ2) is 6.20. The van der Waals surface area contributed by atoms with Gasteiger partial charge in [0, 0.05) is 20.6 Å². The zero-order valence-electron chi connectivity index (χ0n) is 11.5. The van der Waals surface area contributed by atoms with Crippen LogP contribution >= 0.6 is 0 Å². The summed E-state index contributed by atoms with van der Waals surface area (Å²) in [6.07, 6.45) is 0.859. The minimum Gasteiger partial charge on any atom is -0.387 e. The van der Waals surface area contributed by atoms with Crippen molar-refractivity contribution in [1.82, 2.24) is 4.31 Å². The Bertz CT molecular complexity index is 484. The molecule has 0 fully saturated rings. The summed E-state index contributed by atoms with van der Waals surface area (Å²) >= 11 is 0. The Hall–Kier alpha value is -1.07. The molecule has 5 heteroatoms. The van der Waals surface area contributed by atoms with Crippen molar-refractivity contribution in [3.8, 4) is 0 Å². The molecule has 0 spiro atoms. The zero-order chi connectivity index (χ0) is 13.8. The number of anilines is 1. The van der Waals surface area contributed by atoms with Crippen molar-refractivity contribution in [3.05, 3.63) is 24.3 Å². The number of sulfonamides is 1. The second-order valence-electron chi connectivity index (χ2n) is 4.76. The normalized spacial score (nSPS) is 12.1. The van der Waals surface area contributed by atoms with Gasteiger partial charge in [-0.05, 0) is 24.5 Å². The largest absolute Gasteiger partial charge is 0.387 e. The van der Waals surface area contributed by atoms with Gasteiger partial charge in [-0.1, -0.05) is 26.0 Å². The maximum atomic E-state index is 12.4. The first-order valence-electron chi connectivity index (χ1n) is 6.12. The van der Waals surface area contributed by atoms with Gasteiger partial charge in [0.25, 0.3) is 0 Å². The highest BCUT2D eigenvalue weighted by molar-refractivity contribution is 7.89. The molecule has 1 aromatic carbocycles. The summed E-state index contributed by atoms with van der Waals surface area (Å²) in [7, 11) is -0.0528. The summed E-state index contributed by atoms with van der Waals surface area (Å²) in [4.78, 5) is 0.332. The van der Waals surface area contributed by atoms with Crippen molar-refractivity contribution in [2.75, 3.05) is 26.0 Å². The first-order valence-corrected chi connectivity index (χ1v) is 7.56. The van der Waals surface area contributed by atoms with Gasteiger partial charge in [-0.25, -0.2) is 12.7 Å². The summed E-state index contributed by atoms with van der Waals surface area (Å²) in [5.41, 5.74) is 0.633. The molecular weight excluding hydrogens is 248 g/mol. The molecule has 0 amide bonds. The maximum absolute atomic E-state index is 12.4. The highest BCUT2D eigenvalue weighted by Crippen LogP contribution is 2.23. The summed E-state index contributed by atoms with van der Waals surface area (Å²) in [6, 6.07) is 6.96. The lowest BCUT2D eigenvalue weighted by Gasteiger charge is -2.19. The molecule has 0 atom stereocenters. The number of benzene rings is 1. The van der Waals surface area contributed by atoms with E-state index in [1.54, 1.807) is 32.3 Å². The summed E-state index contributed by atoms with van der Waals surface area (Å²) in [5, 5.41) is 2.92. The van der Waals surface area contributed by atoms with Crippen LogP contribution in [0.2, 0.25) is 0 Å². The molecule has 0 aromatic heterocycles. The quantitative estimate of drug-likeness (QED) is 0.863. The third kappa shape index (κ3) is 3.46. The monoisotopic (exact) mass is 270 g/mol. The molecular formula is C13H22N2O2S. The van der Waals surface area contributed by atoms with E-state index < -0.39 is 10.0 Å². The fourth-order valence-electron chi connectivity index (χ4n) is 1.63. The SMILES string of the molecule is CNc1ccccc1S(=O)(=O)N(C)CCC(C)C. The van der Waals surface area contributed by atoms with Crippen molar-refractivity contribution in [1.29, 1.82) is 0 Å². The van der Waals surface area contributed by atoms with E-state index in [-0.39, 0.29) is 0 Å². The van der Waals surface area contributed by atoms with Gasteiger partial charge in [-0.2, -0.15) is 0 Å². The second-order valence-corrected chi connectivity index (χ2v) is 6.77. The van der Waals surface area contributed by atoms with Gasteiger partial charge < -0.3 is 5.32 Å². The van der Waals surface area contributed by atoms with Crippen LogP contribution in [0.15, 0.2) is 29.2 Å². The molecule has 0 aliphatic heterocycles. The standard InChI is InChI=1S/C13H22N2O2S/c1-11(2)9-10-15(4)18(16,17)13-8-6-5-7-12(13)14-3/h5-8,11,14H,9-10H2,1-4H3. The Morgan fingerprint density at radius 1 is 1.28 bits per heavy atom. The third-order valence-corrected chi connectivity index (χ3v) is 4.78. The summed E-state index contributed by atoms with van der Waals surface area (Å²) in [6.45, 7) is 4.71. The van der Waals surface area contributed by atoms with E-state index in [0.29, 0.717) is 23.0 Å². The fraction of sp³-hybridized carbons (Fsp3) is 0.538. The molecule has 1 N–H and O–H groups in total. The van der Waals surface area contributed by atoms with E-state index in [2.05, 4.69) is 19.2 Å². The van der Waals surface area contributed by atoms with Crippen LogP contribution in [0.5, 0.6) is 0 Å². The molecule has 0 saturated heterocycles. The van der Waals surface area contributed by atoms with Gasteiger partial charge in [0.05, 0.1) is 5.69 Å². The topological polar surface area (TPSA) is 49.4 Å². The molecule has 0 heterocycles. The van der Waals surface area contributed by atoms with E-state index in [1.165, 1.54) is 4.31 Å². The van der Waals surface area contributed by atoms with Crippen molar-refractivity contribution < 1.29 is 8.42 Å². The van der Waals surface area contributed by atoms with Crippen LogP contribution in [0.4, 0.5) is 5.69 Å². The van der Waals surface area contributed by atoms with Crippen molar-refractivity contribution in [3.63, 3.8) is 0 Å². The van der Waals surface area contributed by atoms with Gasteiger partial charge in [-0.15, -0.1) is 0 Å². The van der Waals surface area contributed by atoms with Gasteiger partial charge in [-0.3, -0.25) is 0 Å². The number of nitrogens with zero attached hydrogens (tertiary/aromatic N) is 1. The number of nitrogens with one attached hydrogen (secondary N) is 1. The zero-order valence-corrected chi connectivity index (χ0v) is 12.3. The Kier molecular flexibility index (Phi) is 5.16. The number of para-hydroxylation sites is 1. The minimum atomic E-state index is -3.41. The van der Waals surface area contributed by atoms with Crippen LogP contribution in [0.1, 0.15) is 20.3 Å². The van der Waals surface area contributed by atoms with Crippen molar-refractivity contribution >= 4 is 15.7 Å². The van der Waals surface area contributed by atoms with Crippen molar-refractivity contribution in [2.45, 2.75) is 25.2 Å². The molecule has 0 aliphatic carbocycles. The predicted octanol–water partition coefficient (Wildman–Crippen LogP) is 2.39. The molecule has 0 saturated carbocycles. The Labute approximate surface area is 110 Å². The fourth-order valence-corrected chi connectivity index (χ4v) is 3.01. The molecule has 1 aromatic rings. The molecule has 0 radical (unpaired) electrons. The van der Waals surface area contributed by atoms with Crippen LogP contribution in [-0.2, 0) is 10.0 Å². The highest BCUT2D eigenvalue weighted by Gasteiger charge is 2.23. The van der Waals surface area contributed by atoms with E-state index in [0.717, 1.165) is 6.42 Å². The lowest BCUT2D eigenvalue weighted by atomic mass is 10.1. The smallest absolute Gasteiger partial charge is 0.244 e. The Balaban J connectivity index is 2.98. The first kappa shape index (κ1) is 15.0. The van der Waals surface area contributed by atoms with Crippen LogP contribution in [0, 0.1) is 5.92 Å².